The van der Waals surface area contributed by atoms with Crippen LogP contribution in [0.4, 0.5) is 0 Å². The van der Waals surface area contributed by atoms with Crippen molar-refractivity contribution in [1.29, 1.82) is 0 Å². The third-order valence-electron chi connectivity index (χ3n) is 1.98. The summed E-state index contributed by atoms with van der Waals surface area (Å²) in [6, 6.07) is 0. The van der Waals surface area contributed by atoms with Crippen LogP contribution in [0.25, 0.3) is 0 Å². The Hall–Kier alpha value is 0.210. The minimum absolute atomic E-state index is 0. The molecule has 2 N–H and O–H groups in total. The van der Waals surface area contributed by atoms with Gasteiger partial charge in [-0.3, -0.25) is 0 Å². The summed E-state index contributed by atoms with van der Waals surface area (Å²) in [4.78, 5) is 2.17. The first kappa shape index (κ1) is 10.2. The lowest BCUT2D eigenvalue weighted by molar-refractivity contribution is 0.183. The SMILES string of the molecule is CN(C)CC1(N)CCC1.Cl. The summed E-state index contributed by atoms with van der Waals surface area (Å²) in [6.45, 7) is 1.05. The monoisotopic (exact) mass is 164 g/mol. The summed E-state index contributed by atoms with van der Waals surface area (Å²) in [5, 5.41) is 0. The third kappa shape index (κ3) is 2.45. The predicted molar refractivity (Wildman–Crippen MR) is 46.6 cm³/mol. The van der Waals surface area contributed by atoms with E-state index in [0.717, 1.165) is 6.54 Å². The second-order valence-corrected chi connectivity index (χ2v) is 3.45. The lowest BCUT2D eigenvalue weighted by atomic mass is 9.77. The van der Waals surface area contributed by atoms with Gasteiger partial charge in [0, 0.05) is 12.1 Å². The molecule has 0 aromatic rings. The fourth-order valence-electron chi connectivity index (χ4n) is 1.42. The highest BCUT2D eigenvalue weighted by Gasteiger charge is 2.32. The van der Waals surface area contributed by atoms with Crippen LogP contribution in [0.1, 0.15) is 19.3 Å². The van der Waals surface area contributed by atoms with Crippen molar-refractivity contribution in [3.63, 3.8) is 0 Å². The van der Waals surface area contributed by atoms with Crippen molar-refractivity contribution in [3.8, 4) is 0 Å². The Morgan fingerprint density at radius 3 is 2.00 bits per heavy atom. The highest BCUT2D eigenvalue weighted by Crippen LogP contribution is 2.28. The number of rotatable bonds is 2. The van der Waals surface area contributed by atoms with Crippen molar-refractivity contribution >= 4 is 12.4 Å². The molecule has 0 atom stereocenters. The standard InChI is InChI=1S/C7H16N2.ClH/c1-9(2)6-7(8)4-3-5-7;/h3-6,8H2,1-2H3;1H. The van der Waals surface area contributed by atoms with Crippen molar-refractivity contribution < 1.29 is 0 Å². The first-order valence-electron chi connectivity index (χ1n) is 3.56. The van der Waals surface area contributed by atoms with E-state index in [1.54, 1.807) is 0 Å². The molecule has 1 rings (SSSR count). The van der Waals surface area contributed by atoms with Crippen molar-refractivity contribution in [2.45, 2.75) is 24.8 Å². The van der Waals surface area contributed by atoms with E-state index < -0.39 is 0 Å². The molecule has 0 aliphatic heterocycles. The molecule has 1 fully saturated rings. The van der Waals surface area contributed by atoms with Crippen LogP contribution in [-0.4, -0.2) is 31.1 Å². The molecule has 0 spiro atoms. The molecule has 0 amide bonds. The Bertz CT molecular complexity index is 99.8. The van der Waals surface area contributed by atoms with Gasteiger partial charge < -0.3 is 10.6 Å². The van der Waals surface area contributed by atoms with Gasteiger partial charge in [0.05, 0.1) is 0 Å². The zero-order valence-corrected chi connectivity index (χ0v) is 7.58. The van der Waals surface area contributed by atoms with E-state index in [1.807, 2.05) is 0 Å². The molecular formula is C7H17ClN2. The van der Waals surface area contributed by atoms with E-state index in [9.17, 15) is 0 Å². The number of likely N-dealkylation sites (N-methyl/N-ethyl adjacent to an activating group) is 1. The largest absolute Gasteiger partial charge is 0.324 e. The van der Waals surface area contributed by atoms with Gasteiger partial charge in [0.2, 0.25) is 0 Å². The molecule has 0 heterocycles. The van der Waals surface area contributed by atoms with Crippen molar-refractivity contribution in [2.75, 3.05) is 20.6 Å². The fraction of sp³-hybridized carbons (Fsp3) is 1.00. The van der Waals surface area contributed by atoms with Crippen molar-refractivity contribution in [2.24, 2.45) is 5.73 Å². The van der Waals surface area contributed by atoms with Gasteiger partial charge in [0.15, 0.2) is 0 Å². The first-order valence-corrected chi connectivity index (χ1v) is 3.56. The van der Waals surface area contributed by atoms with Crippen LogP contribution >= 0.6 is 12.4 Å². The Balaban J connectivity index is 0.000000810. The van der Waals surface area contributed by atoms with E-state index in [1.165, 1.54) is 19.3 Å². The van der Waals surface area contributed by atoms with Gasteiger partial charge in [-0.25, -0.2) is 0 Å². The Morgan fingerprint density at radius 2 is 1.90 bits per heavy atom. The van der Waals surface area contributed by atoms with E-state index >= 15 is 0 Å². The fourth-order valence-corrected chi connectivity index (χ4v) is 1.42. The minimum Gasteiger partial charge on any atom is -0.324 e. The topological polar surface area (TPSA) is 29.3 Å². The highest BCUT2D eigenvalue weighted by molar-refractivity contribution is 5.85. The van der Waals surface area contributed by atoms with Crippen molar-refractivity contribution in [3.05, 3.63) is 0 Å². The lowest BCUT2D eigenvalue weighted by Gasteiger charge is -2.40. The summed E-state index contributed by atoms with van der Waals surface area (Å²) < 4.78 is 0. The number of nitrogens with two attached hydrogens (primary N) is 1. The molecule has 3 heteroatoms. The number of hydrogen-bond acceptors (Lipinski definition) is 2. The second kappa shape index (κ2) is 3.56. The summed E-state index contributed by atoms with van der Waals surface area (Å²) in [5.41, 5.74) is 6.13. The molecule has 0 radical (unpaired) electrons. The number of halogens is 1. The highest BCUT2D eigenvalue weighted by atomic mass is 35.5. The predicted octanol–water partition coefficient (Wildman–Crippen LogP) is 0.851. The maximum atomic E-state index is 5.96. The van der Waals surface area contributed by atoms with E-state index in [0.29, 0.717) is 0 Å². The van der Waals surface area contributed by atoms with E-state index in [-0.39, 0.29) is 17.9 Å². The molecule has 2 nitrogen and oxygen atoms in total. The average Bonchev–Trinajstić information content (AvgIpc) is 1.60. The quantitative estimate of drug-likeness (QED) is 0.656. The number of nitrogens with zero attached hydrogens (tertiary/aromatic N) is 1. The van der Waals surface area contributed by atoms with Gasteiger partial charge >= 0.3 is 0 Å². The van der Waals surface area contributed by atoms with Gasteiger partial charge in [0.25, 0.3) is 0 Å². The molecule has 62 valence electrons. The normalized spacial score (nSPS) is 21.6. The first-order chi connectivity index (χ1) is 4.12. The molecule has 1 saturated carbocycles. The summed E-state index contributed by atoms with van der Waals surface area (Å²) in [6.07, 6.45) is 3.75. The summed E-state index contributed by atoms with van der Waals surface area (Å²) >= 11 is 0. The molecule has 0 aromatic carbocycles. The maximum Gasteiger partial charge on any atom is 0.0283 e. The Morgan fingerprint density at radius 1 is 1.40 bits per heavy atom. The smallest absolute Gasteiger partial charge is 0.0283 e. The minimum atomic E-state index is 0. The van der Waals surface area contributed by atoms with Gasteiger partial charge in [-0.15, -0.1) is 12.4 Å². The lowest BCUT2D eigenvalue weighted by Crippen LogP contribution is -2.53. The molecule has 1 aliphatic carbocycles. The van der Waals surface area contributed by atoms with E-state index in [2.05, 4.69) is 19.0 Å². The third-order valence-corrected chi connectivity index (χ3v) is 1.98. The van der Waals surface area contributed by atoms with Crippen LogP contribution < -0.4 is 5.73 Å². The van der Waals surface area contributed by atoms with Gasteiger partial charge in [-0.05, 0) is 33.4 Å². The Kier molecular flexibility index (Phi) is 3.63. The summed E-state index contributed by atoms with van der Waals surface area (Å²) in [7, 11) is 4.15. The van der Waals surface area contributed by atoms with Gasteiger partial charge in [-0.2, -0.15) is 0 Å². The molecule has 0 unspecified atom stereocenters. The van der Waals surface area contributed by atoms with Gasteiger partial charge in [-0.1, -0.05) is 0 Å². The molecule has 1 aliphatic rings. The number of hydrogen-bond donors (Lipinski definition) is 1. The Labute approximate surface area is 69.2 Å². The van der Waals surface area contributed by atoms with Crippen LogP contribution in [0.15, 0.2) is 0 Å². The second-order valence-electron chi connectivity index (χ2n) is 3.45. The molecule has 10 heavy (non-hydrogen) atoms. The maximum absolute atomic E-state index is 5.96. The van der Waals surface area contributed by atoms with Crippen LogP contribution in [-0.2, 0) is 0 Å². The summed E-state index contributed by atoms with van der Waals surface area (Å²) in [5.74, 6) is 0. The van der Waals surface area contributed by atoms with E-state index in [4.69, 9.17) is 5.73 Å². The molecule has 0 aromatic heterocycles. The van der Waals surface area contributed by atoms with Crippen LogP contribution in [0.2, 0.25) is 0 Å². The van der Waals surface area contributed by atoms with Crippen LogP contribution in [0.3, 0.4) is 0 Å². The van der Waals surface area contributed by atoms with Crippen LogP contribution in [0.5, 0.6) is 0 Å². The zero-order valence-electron chi connectivity index (χ0n) is 6.76. The van der Waals surface area contributed by atoms with Gasteiger partial charge in [0.1, 0.15) is 0 Å². The van der Waals surface area contributed by atoms with Crippen molar-refractivity contribution in [1.82, 2.24) is 4.90 Å². The average molecular weight is 165 g/mol. The van der Waals surface area contributed by atoms with Crippen LogP contribution in [0, 0.1) is 0 Å². The molecular weight excluding hydrogens is 148 g/mol. The molecule has 0 bridgehead atoms. The zero-order chi connectivity index (χ0) is 6.91. The molecule has 0 saturated heterocycles.